The van der Waals surface area contributed by atoms with Gasteiger partial charge in [-0.15, -0.1) is 0 Å². The van der Waals surface area contributed by atoms with E-state index in [2.05, 4.69) is 20.6 Å². The molecule has 0 fully saturated rings. The fraction of sp³-hybridized carbons (Fsp3) is 0.500. The Kier molecular flexibility index (Phi) is 6.80. The first kappa shape index (κ1) is 15.4. The molecule has 106 valence electrons. The van der Waals surface area contributed by atoms with E-state index in [4.69, 9.17) is 10.6 Å². The van der Waals surface area contributed by atoms with Crippen molar-refractivity contribution in [2.45, 2.75) is 0 Å². The lowest BCUT2D eigenvalue weighted by molar-refractivity contribution is 0.0942. The molecule has 0 saturated heterocycles. The Hall–Kier alpha value is -1.70. The van der Waals surface area contributed by atoms with Gasteiger partial charge in [-0.3, -0.25) is 4.79 Å². The number of hydrogen-bond donors (Lipinski definition) is 3. The molecular formula is C12H21N5O2. The molecule has 1 aromatic heterocycles. The Morgan fingerprint density at radius 1 is 1.47 bits per heavy atom. The Morgan fingerprint density at radius 2 is 2.26 bits per heavy atom. The number of nitrogen functional groups attached to an aromatic ring is 1. The number of nitrogens with one attached hydrogen (secondary N) is 2. The number of rotatable bonds is 8. The number of hydrazine groups is 1. The number of methoxy groups -OCH3 is 1. The lowest BCUT2D eigenvalue weighted by atomic mass is 10.3. The molecule has 1 amide bonds. The van der Waals surface area contributed by atoms with Crippen molar-refractivity contribution in [3.05, 3.63) is 23.9 Å². The fourth-order valence-corrected chi connectivity index (χ4v) is 1.45. The number of likely N-dealkylation sites (N-methyl/N-ethyl adjacent to an activating group) is 1. The van der Waals surface area contributed by atoms with E-state index in [1.807, 2.05) is 7.05 Å². The third-order valence-electron chi connectivity index (χ3n) is 2.59. The van der Waals surface area contributed by atoms with E-state index >= 15 is 0 Å². The molecule has 0 aromatic carbocycles. The fourth-order valence-electron chi connectivity index (χ4n) is 1.45. The van der Waals surface area contributed by atoms with Gasteiger partial charge in [0.05, 0.1) is 6.61 Å². The largest absolute Gasteiger partial charge is 0.383 e. The number of nitrogens with zero attached hydrogens (tertiary/aromatic N) is 2. The summed E-state index contributed by atoms with van der Waals surface area (Å²) in [4.78, 5) is 18.0. The highest BCUT2D eigenvalue weighted by atomic mass is 16.5. The minimum absolute atomic E-state index is 0.211. The van der Waals surface area contributed by atoms with Crippen LogP contribution in [0.5, 0.6) is 0 Å². The lowest BCUT2D eigenvalue weighted by Crippen LogP contribution is -2.34. The number of hydrogen-bond acceptors (Lipinski definition) is 6. The molecule has 0 bridgehead atoms. The van der Waals surface area contributed by atoms with Crippen molar-refractivity contribution in [3.8, 4) is 0 Å². The minimum Gasteiger partial charge on any atom is -0.383 e. The number of carbonyl (C=O) groups is 1. The van der Waals surface area contributed by atoms with Crippen LogP contribution < -0.4 is 16.6 Å². The van der Waals surface area contributed by atoms with Crippen molar-refractivity contribution in [1.29, 1.82) is 0 Å². The molecule has 0 atom stereocenters. The molecule has 0 spiro atoms. The zero-order valence-electron chi connectivity index (χ0n) is 11.3. The van der Waals surface area contributed by atoms with Gasteiger partial charge in [-0.1, -0.05) is 6.07 Å². The van der Waals surface area contributed by atoms with Gasteiger partial charge in [0.2, 0.25) is 0 Å². The zero-order valence-corrected chi connectivity index (χ0v) is 11.3. The van der Waals surface area contributed by atoms with Gasteiger partial charge < -0.3 is 20.4 Å². The Balaban J connectivity index is 2.34. The molecule has 19 heavy (non-hydrogen) atoms. The Labute approximate surface area is 113 Å². The van der Waals surface area contributed by atoms with Crippen LogP contribution in [0.1, 0.15) is 10.5 Å². The molecule has 7 heteroatoms. The summed E-state index contributed by atoms with van der Waals surface area (Å²) >= 11 is 0. The SMILES string of the molecule is COCCN(C)CCNC(=O)c1cccc(NN)n1. The van der Waals surface area contributed by atoms with Crippen LogP contribution in [0.25, 0.3) is 0 Å². The van der Waals surface area contributed by atoms with Crippen LogP contribution in [-0.2, 0) is 4.74 Å². The molecular weight excluding hydrogens is 246 g/mol. The van der Waals surface area contributed by atoms with Crippen LogP contribution in [-0.4, -0.2) is 56.2 Å². The van der Waals surface area contributed by atoms with E-state index in [9.17, 15) is 4.79 Å². The third-order valence-corrected chi connectivity index (χ3v) is 2.59. The van der Waals surface area contributed by atoms with Crippen LogP contribution in [0.2, 0.25) is 0 Å². The highest BCUT2D eigenvalue weighted by Crippen LogP contribution is 2.02. The van der Waals surface area contributed by atoms with Crippen molar-refractivity contribution in [2.24, 2.45) is 5.84 Å². The molecule has 0 aliphatic heterocycles. The van der Waals surface area contributed by atoms with E-state index in [0.29, 0.717) is 24.7 Å². The van der Waals surface area contributed by atoms with Gasteiger partial charge in [0.1, 0.15) is 11.5 Å². The summed E-state index contributed by atoms with van der Waals surface area (Å²) in [6.07, 6.45) is 0. The van der Waals surface area contributed by atoms with Gasteiger partial charge in [0.25, 0.3) is 5.91 Å². The molecule has 1 rings (SSSR count). The summed E-state index contributed by atoms with van der Waals surface area (Å²) in [6.45, 7) is 2.82. The van der Waals surface area contributed by atoms with Gasteiger partial charge in [-0.05, 0) is 19.2 Å². The molecule has 0 aliphatic rings. The van der Waals surface area contributed by atoms with E-state index in [-0.39, 0.29) is 5.91 Å². The van der Waals surface area contributed by atoms with E-state index < -0.39 is 0 Å². The van der Waals surface area contributed by atoms with E-state index in [0.717, 1.165) is 13.1 Å². The van der Waals surface area contributed by atoms with Gasteiger partial charge in [-0.2, -0.15) is 0 Å². The third kappa shape index (κ3) is 5.64. The van der Waals surface area contributed by atoms with E-state index in [1.165, 1.54) is 0 Å². The maximum Gasteiger partial charge on any atom is 0.270 e. The summed E-state index contributed by atoms with van der Waals surface area (Å²) in [7, 11) is 3.64. The minimum atomic E-state index is -0.211. The molecule has 7 nitrogen and oxygen atoms in total. The number of aromatic nitrogens is 1. The summed E-state index contributed by atoms with van der Waals surface area (Å²) in [5.74, 6) is 5.49. The number of nitrogens with two attached hydrogens (primary N) is 1. The van der Waals surface area contributed by atoms with Crippen molar-refractivity contribution in [2.75, 3.05) is 45.8 Å². The molecule has 0 unspecified atom stereocenters. The van der Waals surface area contributed by atoms with Gasteiger partial charge in [0.15, 0.2) is 0 Å². The number of ether oxygens (including phenoxy) is 1. The van der Waals surface area contributed by atoms with Crippen LogP contribution in [0.4, 0.5) is 5.82 Å². The average molecular weight is 267 g/mol. The van der Waals surface area contributed by atoms with Crippen molar-refractivity contribution < 1.29 is 9.53 Å². The monoisotopic (exact) mass is 267 g/mol. The van der Waals surface area contributed by atoms with Crippen molar-refractivity contribution in [1.82, 2.24) is 15.2 Å². The lowest BCUT2D eigenvalue weighted by Gasteiger charge is -2.16. The van der Waals surface area contributed by atoms with Crippen LogP contribution in [0.15, 0.2) is 18.2 Å². The summed E-state index contributed by atoms with van der Waals surface area (Å²) in [6, 6.07) is 5.06. The molecule has 0 radical (unpaired) electrons. The number of anilines is 1. The first-order valence-electron chi connectivity index (χ1n) is 6.06. The maximum absolute atomic E-state index is 11.8. The first-order chi connectivity index (χ1) is 9.17. The Bertz CT molecular complexity index is 399. The second-order valence-electron chi connectivity index (χ2n) is 4.10. The highest BCUT2D eigenvalue weighted by molar-refractivity contribution is 5.92. The second-order valence-corrected chi connectivity index (χ2v) is 4.10. The molecule has 1 heterocycles. The quantitative estimate of drug-likeness (QED) is 0.441. The van der Waals surface area contributed by atoms with Gasteiger partial charge >= 0.3 is 0 Å². The highest BCUT2D eigenvalue weighted by Gasteiger charge is 2.07. The maximum atomic E-state index is 11.8. The topological polar surface area (TPSA) is 92.5 Å². The van der Waals surface area contributed by atoms with Crippen molar-refractivity contribution >= 4 is 11.7 Å². The first-order valence-corrected chi connectivity index (χ1v) is 6.06. The number of amides is 1. The zero-order chi connectivity index (χ0) is 14.1. The molecule has 4 N–H and O–H groups in total. The predicted octanol–water partition coefficient (Wildman–Crippen LogP) is -0.325. The van der Waals surface area contributed by atoms with Crippen LogP contribution in [0.3, 0.4) is 0 Å². The van der Waals surface area contributed by atoms with Gasteiger partial charge in [-0.25, -0.2) is 10.8 Å². The standard InChI is InChI=1S/C12H21N5O2/c1-17(8-9-19-2)7-6-14-12(18)10-4-3-5-11(15-10)16-13/h3-5H,6-9,13H2,1-2H3,(H,14,18)(H,15,16). The summed E-state index contributed by atoms with van der Waals surface area (Å²) < 4.78 is 4.98. The molecule has 0 saturated carbocycles. The summed E-state index contributed by atoms with van der Waals surface area (Å²) in [5.41, 5.74) is 2.75. The van der Waals surface area contributed by atoms with E-state index in [1.54, 1.807) is 25.3 Å². The van der Waals surface area contributed by atoms with Crippen LogP contribution >= 0.6 is 0 Å². The predicted molar refractivity (Wildman–Crippen MR) is 73.8 cm³/mol. The molecule has 0 aliphatic carbocycles. The molecule has 1 aromatic rings. The average Bonchev–Trinajstić information content (AvgIpc) is 2.45. The Morgan fingerprint density at radius 3 is 2.95 bits per heavy atom. The van der Waals surface area contributed by atoms with Crippen molar-refractivity contribution in [3.63, 3.8) is 0 Å². The summed E-state index contributed by atoms with van der Waals surface area (Å²) in [5, 5.41) is 2.81. The van der Waals surface area contributed by atoms with Gasteiger partial charge in [0, 0.05) is 26.7 Å². The second kappa shape index (κ2) is 8.41. The smallest absolute Gasteiger partial charge is 0.270 e. The number of pyridine rings is 1. The number of carbonyl (C=O) groups excluding carboxylic acids is 1. The normalized spacial score (nSPS) is 10.5. The van der Waals surface area contributed by atoms with Crippen LogP contribution in [0, 0.1) is 0 Å².